The average molecular weight is 446 g/mol. The minimum absolute atomic E-state index is 1.26. The van der Waals surface area contributed by atoms with Crippen molar-refractivity contribution in [1.82, 2.24) is 0 Å². The highest BCUT2D eigenvalue weighted by Crippen LogP contribution is 2.72. The lowest BCUT2D eigenvalue weighted by molar-refractivity contribution is -0.0421. The zero-order valence-corrected chi connectivity index (χ0v) is 13.3. The molecule has 0 aromatic heterocycles. The van der Waals surface area contributed by atoms with Crippen LogP contribution in [0.2, 0.25) is 0 Å². The van der Waals surface area contributed by atoms with E-state index in [2.05, 4.69) is 0 Å². The Morgan fingerprint density at radius 2 is 0.609 bits per heavy atom. The van der Waals surface area contributed by atoms with Gasteiger partial charge in [-0.15, -0.1) is 0 Å². The Bertz CT molecular complexity index is 671. The standard InChI is InChI=1S/C4H3F9O6S4/c1-20(21(14,15)2(5,6)7,22(16,17)3(8,9)10)23(18,19)4(11,12)13/h1H3. The lowest BCUT2D eigenvalue weighted by Gasteiger charge is -2.34. The molecular weight excluding hydrogens is 443 g/mol. The number of hydrogen-bond donors (Lipinski definition) is 0. The third-order valence-electron chi connectivity index (χ3n) is 2.05. The fourth-order valence-corrected chi connectivity index (χ4v) is 18.4. The predicted octanol–water partition coefficient (Wildman–Crippen LogP) is 1.97. The van der Waals surface area contributed by atoms with Crippen LogP contribution in [0.25, 0.3) is 0 Å². The van der Waals surface area contributed by atoms with Crippen molar-refractivity contribution in [2.24, 2.45) is 0 Å². The molecule has 142 valence electrons. The Morgan fingerprint density at radius 1 is 0.478 bits per heavy atom. The molecule has 0 aromatic carbocycles. The van der Waals surface area contributed by atoms with Gasteiger partial charge in [0.2, 0.25) is 0 Å². The second kappa shape index (κ2) is 5.28. The molecular formula is C4H3F9O6S4. The fourth-order valence-electron chi connectivity index (χ4n) is 0.869. The molecule has 0 aliphatic carbocycles. The van der Waals surface area contributed by atoms with Crippen LogP contribution in [0.4, 0.5) is 39.5 Å². The van der Waals surface area contributed by atoms with E-state index in [9.17, 15) is 64.8 Å². The van der Waals surface area contributed by atoms with Crippen molar-refractivity contribution in [1.29, 1.82) is 0 Å². The number of hydrogen-bond acceptors (Lipinski definition) is 6. The van der Waals surface area contributed by atoms with Gasteiger partial charge in [-0.3, -0.25) is 0 Å². The first-order valence-corrected chi connectivity index (χ1v) is 12.3. The maximum Gasteiger partial charge on any atom is 0.507 e. The Hall–Kier alpha value is -0.430. The molecule has 6 nitrogen and oxygen atoms in total. The summed E-state index contributed by atoms with van der Waals surface area (Å²) in [7, 11) is -31.4. The highest BCUT2D eigenvalue weighted by atomic mass is 33.9. The molecule has 0 saturated heterocycles. The van der Waals surface area contributed by atoms with Crippen molar-refractivity contribution >= 4 is 33.7 Å². The van der Waals surface area contributed by atoms with Crippen LogP contribution < -0.4 is 0 Å². The molecule has 0 aliphatic heterocycles. The normalized spacial score (nSPS) is 17.1. The Morgan fingerprint density at radius 3 is 0.696 bits per heavy atom. The highest BCUT2D eigenvalue weighted by molar-refractivity contribution is 9.43. The molecule has 0 spiro atoms. The van der Waals surface area contributed by atoms with Crippen LogP contribution in [0.5, 0.6) is 0 Å². The summed E-state index contributed by atoms with van der Waals surface area (Å²) in [4.78, 5) is 0. The summed E-state index contributed by atoms with van der Waals surface area (Å²) in [6.07, 6.45) is -1.26. The third kappa shape index (κ3) is 2.88. The topological polar surface area (TPSA) is 102 Å². The fraction of sp³-hybridized carbons (Fsp3) is 1.00. The Balaban J connectivity index is 7.45. The molecule has 19 heteroatoms. The molecule has 0 saturated carbocycles. The van der Waals surface area contributed by atoms with E-state index in [1.807, 2.05) is 0 Å². The van der Waals surface area contributed by atoms with E-state index >= 15 is 0 Å². The van der Waals surface area contributed by atoms with E-state index in [0.717, 1.165) is 0 Å². The van der Waals surface area contributed by atoms with Gasteiger partial charge in [-0.1, -0.05) is 0 Å². The first kappa shape index (κ1) is 22.6. The zero-order valence-electron chi connectivity index (χ0n) is 9.98. The molecule has 0 amide bonds. The quantitative estimate of drug-likeness (QED) is 0.485. The van der Waals surface area contributed by atoms with E-state index < -0.39 is 56.5 Å². The van der Waals surface area contributed by atoms with Crippen LogP contribution in [0, 0.1) is 0 Å². The monoisotopic (exact) mass is 446 g/mol. The van der Waals surface area contributed by atoms with Crippen molar-refractivity contribution in [2.75, 3.05) is 6.26 Å². The number of rotatable bonds is 3. The van der Waals surface area contributed by atoms with Crippen molar-refractivity contribution < 1.29 is 64.8 Å². The van der Waals surface area contributed by atoms with Gasteiger partial charge in [0.25, 0.3) is 0 Å². The van der Waals surface area contributed by atoms with Crippen LogP contribution in [0.1, 0.15) is 0 Å². The maximum atomic E-state index is 12.3. The van der Waals surface area contributed by atoms with E-state index in [1.165, 1.54) is 0 Å². The molecule has 0 aromatic rings. The smallest absolute Gasteiger partial charge is 0.208 e. The lowest BCUT2D eigenvalue weighted by atomic mass is 11.6. The van der Waals surface area contributed by atoms with Crippen LogP contribution in [0.3, 0.4) is 0 Å². The van der Waals surface area contributed by atoms with Gasteiger partial charge in [-0.2, -0.15) is 39.5 Å². The van der Waals surface area contributed by atoms with Crippen LogP contribution in [0.15, 0.2) is 0 Å². The summed E-state index contributed by atoms with van der Waals surface area (Å²) < 4.78 is 177. The minimum atomic E-state index is -7.95. The Labute approximate surface area is 121 Å². The number of halogens is 9. The summed E-state index contributed by atoms with van der Waals surface area (Å²) in [5, 5.41) is 0. The molecule has 0 bridgehead atoms. The second-order valence-corrected chi connectivity index (χ2v) is 20.8. The van der Waals surface area contributed by atoms with E-state index in [-0.39, 0.29) is 0 Å². The third-order valence-corrected chi connectivity index (χ3v) is 24.7. The van der Waals surface area contributed by atoms with Crippen molar-refractivity contribution in [3.05, 3.63) is 0 Å². The lowest BCUT2D eigenvalue weighted by Crippen LogP contribution is -2.44. The summed E-state index contributed by atoms with van der Waals surface area (Å²) in [6, 6.07) is 0. The average Bonchev–Trinajstić information content (AvgIpc) is 2.22. The summed E-state index contributed by atoms with van der Waals surface area (Å²) in [6.45, 7) is 0. The molecule has 0 fully saturated rings. The largest absolute Gasteiger partial charge is 0.507 e. The maximum absolute atomic E-state index is 12.3. The van der Waals surface area contributed by atoms with Gasteiger partial charge >= 0.3 is 43.1 Å². The molecule has 0 unspecified atom stereocenters. The molecule has 0 heterocycles. The van der Waals surface area contributed by atoms with Crippen LogP contribution in [-0.2, 0) is 26.6 Å². The molecule has 0 N–H and O–H groups in total. The molecule has 0 aliphatic rings. The summed E-state index contributed by atoms with van der Waals surface area (Å²) in [5.41, 5.74) is -21.1. The zero-order chi connectivity index (χ0) is 19.5. The van der Waals surface area contributed by atoms with Gasteiger partial charge in [0.1, 0.15) is 0 Å². The predicted molar refractivity (Wildman–Crippen MR) is 58.4 cm³/mol. The van der Waals surface area contributed by atoms with Crippen LogP contribution >= 0.6 is 7.12 Å². The summed E-state index contributed by atoms with van der Waals surface area (Å²) in [5.74, 6) is 0. The van der Waals surface area contributed by atoms with Gasteiger partial charge in [0.15, 0.2) is 0 Å². The first-order valence-electron chi connectivity index (χ1n) is 4.22. The number of alkyl halides is 9. The molecule has 0 radical (unpaired) electrons. The van der Waals surface area contributed by atoms with Gasteiger partial charge in [0, 0.05) is 6.26 Å². The molecule has 0 rings (SSSR count). The molecule has 23 heavy (non-hydrogen) atoms. The van der Waals surface area contributed by atoms with Crippen molar-refractivity contribution in [3.63, 3.8) is 0 Å². The highest BCUT2D eigenvalue weighted by Gasteiger charge is 2.77. The molecule has 0 atom stereocenters. The van der Waals surface area contributed by atoms with Gasteiger partial charge in [-0.25, -0.2) is 25.3 Å². The summed E-state index contributed by atoms with van der Waals surface area (Å²) >= 11 is 0. The first-order chi connectivity index (χ1) is 9.50. The van der Waals surface area contributed by atoms with Crippen LogP contribution in [-0.4, -0.2) is 48.0 Å². The van der Waals surface area contributed by atoms with E-state index in [1.54, 1.807) is 0 Å². The SMILES string of the molecule is CS(S(=O)(=O)C(F)(F)F)(S(=O)(=O)C(F)(F)F)S(=O)(=O)C(F)(F)F. The van der Waals surface area contributed by atoms with Gasteiger partial charge in [0.05, 0.1) is 7.12 Å². The van der Waals surface area contributed by atoms with Crippen molar-refractivity contribution in [3.8, 4) is 0 Å². The second-order valence-electron chi connectivity index (χ2n) is 3.40. The van der Waals surface area contributed by atoms with Gasteiger partial charge in [-0.05, 0) is 0 Å². The van der Waals surface area contributed by atoms with E-state index in [0.29, 0.717) is 0 Å². The van der Waals surface area contributed by atoms with Crippen molar-refractivity contribution in [2.45, 2.75) is 16.5 Å². The van der Waals surface area contributed by atoms with Gasteiger partial charge < -0.3 is 0 Å². The Kier molecular flexibility index (Phi) is 5.18. The van der Waals surface area contributed by atoms with E-state index in [4.69, 9.17) is 0 Å². The minimum Gasteiger partial charge on any atom is -0.208 e.